The predicted octanol–water partition coefficient (Wildman–Crippen LogP) is 5.90. The van der Waals surface area contributed by atoms with Gasteiger partial charge in [0.2, 0.25) is 0 Å². The standard InChI is InChI=1S/C20H12Cl2N4O3/c21-12-1-4-15(16(22)8-12)20-24-17-5-2-13(9-18(17)25-20)23-10-11-7-14(26(28)29)3-6-19(11)27/h1-10,27H,(H,24,25). The zero-order valence-corrected chi connectivity index (χ0v) is 16.1. The van der Waals surface area contributed by atoms with Crippen molar-refractivity contribution in [2.24, 2.45) is 4.99 Å². The van der Waals surface area contributed by atoms with E-state index in [-0.39, 0.29) is 17.0 Å². The molecule has 0 aliphatic carbocycles. The van der Waals surface area contributed by atoms with Crippen LogP contribution in [-0.4, -0.2) is 26.2 Å². The van der Waals surface area contributed by atoms with Crippen molar-refractivity contribution in [1.29, 1.82) is 0 Å². The molecule has 0 saturated carbocycles. The van der Waals surface area contributed by atoms with E-state index in [0.29, 0.717) is 21.6 Å². The van der Waals surface area contributed by atoms with Gasteiger partial charge in [-0.15, -0.1) is 0 Å². The molecular weight excluding hydrogens is 415 g/mol. The number of aliphatic imine (C=N–C) groups is 1. The summed E-state index contributed by atoms with van der Waals surface area (Å²) in [6, 6.07) is 14.2. The number of hydrogen-bond acceptors (Lipinski definition) is 5. The highest BCUT2D eigenvalue weighted by atomic mass is 35.5. The molecule has 7 nitrogen and oxygen atoms in total. The second-order valence-corrected chi connectivity index (χ2v) is 7.01. The number of nitro benzene ring substituents is 1. The quantitative estimate of drug-likeness (QED) is 0.240. The first-order chi connectivity index (χ1) is 13.9. The largest absolute Gasteiger partial charge is 0.507 e. The molecule has 0 aliphatic rings. The molecular formula is C20H12Cl2N4O3. The van der Waals surface area contributed by atoms with E-state index < -0.39 is 4.92 Å². The fraction of sp³-hybridized carbons (Fsp3) is 0. The summed E-state index contributed by atoms with van der Waals surface area (Å²) in [6.45, 7) is 0. The van der Waals surface area contributed by atoms with Crippen LogP contribution in [0.1, 0.15) is 5.56 Å². The van der Waals surface area contributed by atoms with Crippen molar-refractivity contribution in [3.05, 3.63) is 80.3 Å². The van der Waals surface area contributed by atoms with E-state index in [1.54, 1.807) is 36.4 Å². The van der Waals surface area contributed by atoms with Crippen molar-refractivity contribution >= 4 is 51.8 Å². The average Bonchev–Trinajstić information content (AvgIpc) is 3.10. The van der Waals surface area contributed by atoms with Gasteiger partial charge in [0.1, 0.15) is 11.6 Å². The van der Waals surface area contributed by atoms with E-state index in [2.05, 4.69) is 15.0 Å². The monoisotopic (exact) mass is 426 g/mol. The van der Waals surface area contributed by atoms with Crippen molar-refractivity contribution < 1.29 is 10.0 Å². The fourth-order valence-electron chi connectivity index (χ4n) is 2.79. The van der Waals surface area contributed by atoms with Gasteiger partial charge in [0.05, 0.1) is 26.7 Å². The van der Waals surface area contributed by atoms with Crippen molar-refractivity contribution in [3.8, 4) is 17.1 Å². The van der Waals surface area contributed by atoms with E-state index in [0.717, 1.165) is 16.6 Å². The molecule has 1 heterocycles. The molecule has 3 aromatic carbocycles. The van der Waals surface area contributed by atoms with Gasteiger partial charge in [-0.05, 0) is 42.5 Å². The first-order valence-corrected chi connectivity index (χ1v) is 9.13. The van der Waals surface area contributed by atoms with Crippen LogP contribution in [0.15, 0.2) is 59.6 Å². The van der Waals surface area contributed by atoms with E-state index >= 15 is 0 Å². The van der Waals surface area contributed by atoms with Gasteiger partial charge in [-0.2, -0.15) is 0 Å². The molecule has 4 aromatic rings. The number of nitrogens with one attached hydrogen (secondary N) is 1. The van der Waals surface area contributed by atoms with Crippen molar-refractivity contribution in [2.75, 3.05) is 0 Å². The Hall–Kier alpha value is -3.42. The fourth-order valence-corrected chi connectivity index (χ4v) is 3.29. The number of hydrogen-bond donors (Lipinski definition) is 2. The van der Waals surface area contributed by atoms with E-state index in [9.17, 15) is 15.2 Å². The number of imidazole rings is 1. The van der Waals surface area contributed by atoms with E-state index in [1.165, 1.54) is 24.4 Å². The maximum atomic E-state index is 10.9. The first kappa shape index (κ1) is 18.9. The summed E-state index contributed by atoms with van der Waals surface area (Å²) in [6.07, 6.45) is 1.37. The van der Waals surface area contributed by atoms with E-state index in [4.69, 9.17) is 23.2 Å². The molecule has 2 N–H and O–H groups in total. The second kappa shape index (κ2) is 7.54. The minimum Gasteiger partial charge on any atom is -0.507 e. The third kappa shape index (κ3) is 3.91. The highest BCUT2D eigenvalue weighted by Gasteiger charge is 2.11. The van der Waals surface area contributed by atoms with Crippen LogP contribution in [0, 0.1) is 10.1 Å². The molecule has 0 fully saturated rings. The number of nitrogens with zero attached hydrogens (tertiary/aromatic N) is 3. The number of aromatic hydroxyl groups is 1. The highest BCUT2D eigenvalue weighted by Crippen LogP contribution is 2.31. The number of fused-ring (bicyclic) bond motifs is 1. The summed E-state index contributed by atoms with van der Waals surface area (Å²) in [5.74, 6) is 0.501. The number of nitro groups is 1. The summed E-state index contributed by atoms with van der Waals surface area (Å²) >= 11 is 12.2. The summed E-state index contributed by atoms with van der Waals surface area (Å²) < 4.78 is 0. The SMILES string of the molecule is O=[N+]([O-])c1ccc(O)c(C=Nc2ccc3nc(-c4ccc(Cl)cc4Cl)[nH]c3c2)c1. The third-order valence-corrected chi connectivity index (χ3v) is 4.77. The van der Waals surface area contributed by atoms with Gasteiger partial charge in [0, 0.05) is 34.5 Å². The zero-order valence-electron chi connectivity index (χ0n) is 14.6. The minimum absolute atomic E-state index is 0.0957. The topological polar surface area (TPSA) is 104 Å². The second-order valence-electron chi connectivity index (χ2n) is 6.17. The summed E-state index contributed by atoms with van der Waals surface area (Å²) in [4.78, 5) is 22.4. The maximum absolute atomic E-state index is 10.9. The molecule has 144 valence electrons. The van der Waals surface area contributed by atoms with Gasteiger partial charge in [-0.1, -0.05) is 23.2 Å². The Labute approximate surface area is 174 Å². The number of benzene rings is 3. The van der Waals surface area contributed by atoms with Crippen molar-refractivity contribution in [2.45, 2.75) is 0 Å². The van der Waals surface area contributed by atoms with Crippen LogP contribution < -0.4 is 0 Å². The average molecular weight is 427 g/mol. The van der Waals surface area contributed by atoms with Crippen molar-refractivity contribution in [1.82, 2.24) is 9.97 Å². The number of halogens is 2. The zero-order chi connectivity index (χ0) is 20.5. The third-order valence-electron chi connectivity index (χ3n) is 4.23. The Bertz CT molecular complexity index is 1280. The lowest BCUT2D eigenvalue weighted by Crippen LogP contribution is -1.90. The number of rotatable bonds is 4. The van der Waals surface area contributed by atoms with Gasteiger partial charge in [0.25, 0.3) is 5.69 Å². The van der Waals surface area contributed by atoms with Crippen LogP contribution in [0.3, 0.4) is 0 Å². The number of aromatic nitrogens is 2. The van der Waals surface area contributed by atoms with Gasteiger partial charge in [-0.25, -0.2) is 4.98 Å². The lowest BCUT2D eigenvalue weighted by molar-refractivity contribution is -0.384. The maximum Gasteiger partial charge on any atom is 0.270 e. The molecule has 9 heteroatoms. The number of aromatic amines is 1. The molecule has 0 amide bonds. The van der Waals surface area contributed by atoms with Gasteiger partial charge >= 0.3 is 0 Å². The van der Waals surface area contributed by atoms with Gasteiger partial charge < -0.3 is 10.1 Å². The van der Waals surface area contributed by atoms with Crippen LogP contribution in [0.2, 0.25) is 10.0 Å². The van der Waals surface area contributed by atoms with Gasteiger partial charge in [-0.3, -0.25) is 15.1 Å². The van der Waals surface area contributed by atoms with Crippen LogP contribution in [0.5, 0.6) is 5.75 Å². The summed E-state index contributed by atoms with van der Waals surface area (Å²) in [5.41, 5.74) is 2.89. The van der Waals surface area contributed by atoms with Crippen LogP contribution in [0.4, 0.5) is 11.4 Å². The first-order valence-electron chi connectivity index (χ1n) is 8.37. The molecule has 0 spiro atoms. The summed E-state index contributed by atoms with van der Waals surface area (Å²) in [5, 5.41) is 21.8. The molecule has 0 radical (unpaired) electrons. The molecule has 0 saturated heterocycles. The molecule has 0 bridgehead atoms. The van der Waals surface area contributed by atoms with Crippen molar-refractivity contribution in [3.63, 3.8) is 0 Å². The number of H-pyrrole nitrogens is 1. The molecule has 0 unspecified atom stereocenters. The number of phenolic OH excluding ortho intramolecular Hbond substituents is 1. The molecule has 0 aliphatic heterocycles. The molecule has 0 atom stereocenters. The Balaban J connectivity index is 1.67. The minimum atomic E-state index is -0.531. The van der Waals surface area contributed by atoms with Crippen LogP contribution in [-0.2, 0) is 0 Å². The van der Waals surface area contributed by atoms with Crippen LogP contribution >= 0.6 is 23.2 Å². The summed E-state index contributed by atoms with van der Waals surface area (Å²) in [7, 11) is 0. The Morgan fingerprint density at radius 1 is 1.10 bits per heavy atom. The molecule has 29 heavy (non-hydrogen) atoms. The highest BCUT2D eigenvalue weighted by molar-refractivity contribution is 6.36. The Kier molecular flexibility index (Phi) is 4.92. The van der Waals surface area contributed by atoms with E-state index in [1.807, 2.05) is 0 Å². The Morgan fingerprint density at radius 3 is 2.69 bits per heavy atom. The Morgan fingerprint density at radius 2 is 1.93 bits per heavy atom. The number of phenols is 1. The predicted molar refractivity (Wildman–Crippen MR) is 114 cm³/mol. The van der Waals surface area contributed by atoms with Crippen LogP contribution in [0.25, 0.3) is 22.4 Å². The smallest absolute Gasteiger partial charge is 0.270 e. The molecule has 4 rings (SSSR count). The van der Waals surface area contributed by atoms with Gasteiger partial charge in [0.15, 0.2) is 0 Å². The lowest BCUT2D eigenvalue weighted by atomic mass is 10.2. The normalized spacial score (nSPS) is 11.4. The lowest BCUT2D eigenvalue weighted by Gasteiger charge is -2.00. The molecule has 1 aromatic heterocycles. The number of non-ortho nitro benzene ring substituents is 1.